The highest BCUT2D eigenvalue weighted by Crippen LogP contribution is 2.37. The number of aromatic nitrogens is 1. The lowest BCUT2D eigenvalue weighted by molar-refractivity contribution is -0.155. The van der Waals surface area contributed by atoms with E-state index in [0.717, 1.165) is 0 Å². The van der Waals surface area contributed by atoms with Gasteiger partial charge in [-0.25, -0.2) is 4.98 Å². The van der Waals surface area contributed by atoms with Crippen LogP contribution >= 0.6 is 24.4 Å². The van der Waals surface area contributed by atoms with Gasteiger partial charge < -0.3 is 4.74 Å². The van der Waals surface area contributed by atoms with E-state index in [9.17, 15) is 9.59 Å². The number of nitrogens with zero attached hydrogens (tertiary/aromatic N) is 4. The maximum Gasteiger partial charge on any atom is 0.307 e. The van der Waals surface area contributed by atoms with E-state index in [1.165, 1.54) is 18.0 Å². The molecule has 0 spiro atoms. The van der Waals surface area contributed by atoms with E-state index in [1.807, 2.05) is 38.0 Å². The molecular weight excluding hydrogens is 396 g/mol. The number of pyridine rings is 1. The molecule has 0 radical (unpaired) electrons. The molecule has 0 saturated carbocycles. The molecule has 1 fully saturated rings. The van der Waals surface area contributed by atoms with Crippen LogP contribution < -0.4 is 4.90 Å². The van der Waals surface area contributed by atoms with Crippen LogP contribution in [0.2, 0.25) is 0 Å². The fourth-order valence-corrected chi connectivity index (χ4v) is 4.18. The molecule has 1 aliphatic heterocycles. The summed E-state index contributed by atoms with van der Waals surface area (Å²) in [4.78, 5) is 33.5. The van der Waals surface area contributed by atoms with E-state index in [4.69, 9.17) is 10.00 Å². The van der Waals surface area contributed by atoms with E-state index in [-0.39, 0.29) is 18.3 Å². The first-order chi connectivity index (χ1) is 12.9. The maximum atomic E-state index is 13.1. The first-order valence-electron chi connectivity index (χ1n) is 8.87. The summed E-state index contributed by atoms with van der Waals surface area (Å²) in [5.74, 6) is -0.463. The van der Waals surface area contributed by atoms with Crippen LogP contribution in [0.25, 0.3) is 0 Å². The number of ether oxygens (including phenoxy) is 1. The minimum Gasteiger partial charge on any atom is -0.460 e. The summed E-state index contributed by atoms with van der Waals surface area (Å²) in [6.45, 7) is 9.40. The standard InChI is InChI=1S/C19H26N4O3S2/c1-18(2,3)26-15(24)7-8-22-17(27)23(16(25)19(22,4)5)12-9-14(28-6)13(10-20)21-11-12/h9,11,17,27H,7-8H2,1-6H3. The van der Waals surface area contributed by atoms with Gasteiger partial charge in [0.2, 0.25) is 5.91 Å². The molecule has 7 nitrogen and oxygen atoms in total. The van der Waals surface area contributed by atoms with Crippen LogP contribution in [0.1, 0.15) is 46.7 Å². The summed E-state index contributed by atoms with van der Waals surface area (Å²) >= 11 is 6.04. The molecule has 1 aromatic rings. The summed E-state index contributed by atoms with van der Waals surface area (Å²) in [5, 5.41) is 9.16. The Hall–Kier alpha value is -1.76. The van der Waals surface area contributed by atoms with Crippen molar-refractivity contribution in [2.45, 2.75) is 62.6 Å². The van der Waals surface area contributed by atoms with Gasteiger partial charge in [-0.1, -0.05) is 0 Å². The number of amides is 1. The van der Waals surface area contributed by atoms with Crippen LogP contribution in [0.3, 0.4) is 0 Å². The summed E-state index contributed by atoms with van der Waals surface area (Å²) in [5.41, 5.74) is -1.07. The third kappa shape index (κ3) is 4.62. The number of carbonyl (C=O) groups is 2. The molecular formula is C19H26N4O3S2. The Morgan fingerprint density at radius 3 is 2.64 bits per heavy atom. The summed E-state index contributed by atoms with van der Waals surface area (Å²) in [7, 11) is 0. The van der Waals surface area contributed by atoms with E-state index in [0.29, 0.717) is 22.8 Å². The molecule has 152 valence electrons. The number of thioether (sulfide) groups is 1. The number of carbonyl (C=O) groups excluding carboxylic acids is 2. The average Bonchev–Trinajstić information content (AvgIpc) is 2.76. The van der Waals surface area contributed by atoms with Gasteiger partial charge in [0.25, 0.3) is 0 Å². The van der Waals surface area contributed by atoms with Crippen LogP contribution in [-0.4, -0.2) is 51.2 Å². The normalized spacial score (nSPS) is 19.6. The number of nitriles is 1. The highest BCUT2D eigenvalue weighted by Gasteiger charge is 2.51. The van der Waals surface area contributed by atoms with Crippen molar-refractivity contribution in [2.24, 2.45) is 0 Å². The van der Waals surface area contributed by atoms with Gasteiger partial charge in [-0.2, -0.15) is 5.26 Å². The Bertz CT molecular complexity index is 814. The largest absolute Gasteiger partial charge is 0.460 e. The second kappa shape index (κ2) is 8.31. The van der Waals surface area contributed by atoms with Crippen molar-refractivity contribution in [3.05, 3.63) is 18.0 Å². The highest BCUT2D eigenvalue weighted by molar-refractivity contribution is 7.98. The summed E-state index contributed by atoms with van der Waals surface area (Å²) in [6.07, 6.45) is 3.51. The van der Waals surface area contributed by atoms with Gasteiger partial charge in [-0.15, -0.1) is 24.4 Å². The Kier molecular flexibility index (Phi) is 6.69. The average molecular weight is 423 g/mol. The molecule has 0 aliphatic carbocycles. The van der Waals surface area contributed by atoms with Crippen molar-refractivity contribution in [3.8, 4) is 6.07 Å². The molecule has 1 aromatic heterocycles. The molecule has 1 atom stereocenters. The van der Waals surface area contributed by atoms with Crippen molar-refractivity contribution < 1.29 is 14.3 Å². The van der Waals surface area contributed by atoms with Gasteiger partial charge in [0.05, 0.1) is 23.8 Å². The van der Waals surface area contributed by atoms with Gasteiger partial charge in [-0.05, 0) is 46.9 Å². The molecule has 28 heavy (non-hydrogen) atoms. The SMILES string of the molecule is CSc1cc(N2C(=O)C(C)(C)N(CCC(=O)OC(C)(C)C)C2S)cnc1C#N. The third-order valence-electron chi connectivity index (χ3n) is 4.39. The van der Waals surface area contributed by atoms with Crippen molar-refractivity contribution in [2.75, 3.05) is 17.7 Å². The number of hydrogen-bond donors (Lipinski definition) is 1. The smallest absolute Gasteiger partial charge is 0.307 e. The Morgan fingerprint density at radius 2 is 2.11 bits per heavy atom. The van der Waals surface area contributed by atoms with Crippen LogP contribution in [0, 0.1) is 11.3 Å². The topological polar surface area (TPSA) is 86.5 Å². The summed E-state index contributed by atoms with van der Waals surface area (Å²) in [6, 6.07) is 3.82. The van der Waals surface area contributed by atoms with Gasteiger partial charge in [0.1, 0.15) is 17.2 Å². The fourth-order valence-electron chi connectivity index (χ4n) is 3.01. The van der Waals surface area contributed by atoms with Crippen molar-refractivity contribution in [3.63, 3.8) is 0 Å². The maximum absolute atomic E-state index is 13.1. The van der Waals surface area contributed by atoms with Crippen molar-refractivity contribution in [1.82, 2.24) is 9.88 Å². The Morgan fingerprint density at radius 1 is 1.46 bits per heavy atom. The predicted octanol–water partition coefficient (Wildman–Crippen LogP) is 3.05. The molecule has 1 aliphatic rings. The quantitative estimate of drug-likeness (QED) is 0.443. The van der Waals surface area contributed by atoms with Crippen LogP contribution in [0.15, 0.2) is 17.2 Å². The van der Waals surface area contributed by atoms with Gasteiger partial charge in [0, 0.05) is 11.4 Å². The van der Waals surface area contributed by atoms with Crippen molar-refractivity contribution in [1.29, 1.82) is 5.26 Å². The van der Waals surface area contributed by atoms with Gasteiger partial charge in [0.15, 0.2) is 5.69 Å². The molecule has 0 N–H and O–H groups in total. The number of anilines is 1. The lowest BCUT2D eigenvalue weighted by Gasteiger charge is -2.31. The zero-order chi connectivity index (χ0) is 21.3. The van der Waals surface area contributed by atoms with E-state index >= 15 is 0 Å². The van der Waals surface area contributed by atoms with Gasteiger partial charge in [-0.3, -0.25) is 19.4 Å². The number of rotatable bonds is 5. The molecule has 1 amide bonds. The first kappa shape index (κ1) is 22.5. The molecule has 9 heteroatoms. The minimum atomic E-state index is -0.845. The molecule has 0 aromatic carbocycles. The highest BCUT2D eigenvalue weighted by atomic mass is 32.2. The molecule has 2 rings (SSSR count). The van der Waals surface area contributed by atoms with Crippen LogP contribution in [-0.2, 0) is 14.3 Å². The molecule has 2 heterocycles. The monoisotopic (exact) mass is 422 g/mol. The minimum absolute atomic E-state index is 0.143. The van der Waals surface area contributed by atoms with E-state index in [2.05, 4.69) is 17.6 Å². The lowest BCUT2D eigenvalue weighted by atomic mass is 10.0. The van der Waals surface area contributed by atoms with Gasteiger partial charge >= 0.3 is 5.97 Å². The molecule has 1 unspecified atom stereocenters. The number of thiol groups is 1. The Balaban J connectivity index is 2.25. The molecule has 0 bridgehead atoms. The van der Waals surface area contributed by atoms with Crippen LogP contribution in [0.5, 0.6) is 0 Å². The van der Waals surface area contributed by atoms with Crippen molar-refractivity contribution >= 4 is 42.0 Å². The summed E-state index contributed by atoms with van der Waals surface area (Å²) < 4.78 is 5.36. The lowest BCUT2D eigenvalue weighted by Crippen LogP contribution is -2.45. The third-order valence-corrected chi connectivity index (χ3v) is 5.65. The predicted molar refractivity (Wildman–Crippen MR) is 112 cm³/mol. The second-order valence-electron chi connectivity index (χ2n) is 7.97. The zero-order valence-electron chi connectivity index (χ0n) is 17.0. The number of hydrogen-bond acceptors (Lipinski definition) is 8. The second-order valence-corrected chi connectivity index (χ2v) is 9.28. The Labute approximate surface area is 175 Å². The fraction of sp³-hybridized carbons (Fsp3) is 0.579. The molecule has 1 saturated heterocycles. The van der Waals surface area contributed by atoms with E-state index < -0.39 is 16.6 Å². The van der Waals surface area contributed by atoms with E-state index in [1.54, 1.807) is 24.8 Å². The number of esters is 1. The zero-order valence-corrected chi connectivity index (χ0v) is 18.7. The van der Waals surface area contributed by atoms with Crippen LogP contribution in [0.4, 0.5) is 5.69 Å². The first-order valence-corrected chi connectivity index (χ1v) is 10.6.